The molecule has 0 heterocycles. The minimum absolute atomic E-state index is 0.00567. The number of anilines is 1. The van der Waals surface area contributed by atoms with Crippen molar-refractivity contribution in [1.82, 2.24) is 10.2 Å². The Morgan fingerprint density at radius 3 is 2.28 bits per heavy atom. The molecule has 1 aliphatic rings. The molecule has 0 spiro atoms. The molecule has 1 fully saturated rings. The Labute approximate surface area is 255 Å². The first-order valence-electron chi connectivity index (χ1n) is 15.0. The van der Waals surface area contributed by atoms with Gasteiger partial charge in [0.15, 0.2) is 0 Å². The summed E-state index contributed by atoms with van der Waals surface area (Å²) in [6.07, 6.45) is 6.67. The monoisotopic (exact) mass is 607 g/mol. The molecule has 9 heteroatoms. The van der Waals surface area contributed by atoms with E-state index in [2.05, 4.69) is 5.32 Å². The van der Waals surface area contributed by atoms with Gasteiger partial charge in [-0.1, -0.05) is 91.6 Å². The van der Waals surface area contributed by atoms with Crippen molar-refractivity contribution in [2.45, 2.75) is 76.9 Å². The van der Waals surface area contributed by atoms with Crippen LogP contribution in [0.2, 0.25) is 0 Å². The highest BCUT2D eigenvalue weighted by Crippen LogP contribution is 2.24. The highest BCUT2D eigenvalue weighted by molar-refractivity contribution is 7.92. The predicted octanol–water partition coefficient (Wildman–Crippen LogP) is 5.77. The van der Waals surface area contributed by atoms with Gasteiger partial charge in [0.25, 0.3) is 0 Å². The van der Waals surface area contributed by atoms with Crippen molar-refractivity contribution in [3.8, 4) is 0 Å². The maximum Gasteiger partial charge on any atom is 0.243 e. The molecule has 0 bridgehead atoms. The zero-order chi connectivity index (χ0) is 30.8. The summed E-state index contributed by atoms with van der Waals surface area (Å²) in [5.41, 5.74) is 2.84. The number of amides is 2. The van der Waals surface area contributed by atoms with Crippen LogP contribution in [0.1, 0.15) is 61.6 Å². The summed E-state index contributed by atoms with van der Waals surface area (Å²) in [6.45, 7) is 2.15. The molecule has 1 unspecified atom stereocenters. The fraction of sp³-hybridized carbons (Fsp3) is 0.412. The molecule has 43 heavy (non-hydrogen) atoms. The second-order valence-electron chi connectivity index (χ2n) is 11.4. The number of nitrogens with one attached hydrogen (secondary N) is 1. The van der Waals surface area contributed by atoms with Gasteiger partial charge >= 0.3 is 0 Å². The maximum absolute atomic E-state index is 14.5. The van der Waals surface area contributed by atoms with Gasteiger partial charge in [0, 0.05) is 32.0 Å². The Morgan fingerprint density at radius 1 is 0.930 bits per heavy atom. The lowest BCUT2D eigenvalue weighted by atomic mass is 9.94. The van der Waals surface area contributed by atoms with E-state index in [0.29, 0.717) is 6.42 Å². The number of nitrogens with zero attached hydrogens (tertiary/aromatic N) is 2. The fourth-order valence-electron chi connectivity index (χ4n) is 5.74. The first kappa shape index (κ1) is 32.2. The number of sulfonamides is 1. The summed E-state index contributed by atoms with van der Waals surface area (Å²) in [5, 5.41) is 3.23. The minimum atomic E-state index is -3.79. The molecule has 2 amide bonds. The van der Waals surface area contributed by atoms with Crippen molar-refractivity contribution in [3.63, 3.8) is 0 Å². The lowest BCUT2D eigenvalue weighted by Crippen LogP contribution is -2.53. The summed E-state index contributed by atoms with van der Waals surface area (Å²) < 4.78 is 40.7. The fourth-order valence-corrected chi connectivity index (χ4v) is 6.71. The first-order chi connectivity index (χ1) is 20.6. The summed E-state index contributed by atoms with van der Waals surface area (Å²) in [6, 6.07) is 22.5. The third kappa shape index (κ3) is 9.38. The van der Waals surface area contributed by atoms with E-state index < -0.39 is 21.9 Å². The molecule has 1 atom stereocenters. The van der Waals surface area contributed by atoms with Crippen LogP contribution in [-0.2, 0) is 32.6 Å². The molecule has 0 aromatic heterocycles. The van der Waals surface area contributed by atoms with Gasteiger partial charge in [-0.3, -0.25) is 13.9 Å². The second-order valence-corrected chi connectivity index (χ2v) is 13.4. The molecule has 4 rings (SSSR count). The van der Waals surface area contributed by atoms with Crippen LogP contribution in [0.3, 0.4) is 0 Å². The topological polar surface area (TPSA) is 86.8 Å². The standard InChI is InChI=1S/C34H42FN3O4S/c1-26-13-11-16-28(23-26)25-37(33(39)21-12-22-38(43(2,41)42)31-20-10-9-19-30(31)35)32(24-27-14-5-3-6-15-27)34(40)36-29-17-7-4-8-18-29/h3,5-6,9-11,13-16,19-20,23,29,32H,4,7-8,12,17-18,21-22,24-25H2,1-2H3,(H,36,40). The minimum Gasteiger partial charge on any atom is -0.352 e. The molecule has 3 aromatic rings. The Morgan fingerprint density at radius 2 is 1.60 bits per heavy atom. The molecule has 0 aliphatic heterocycles. The van der Waals surface area contributed by atoms with E-state index in [1.54, 1.807) is 11.0 Å². The number of hydrogen-bond acceptors (Lipinski definition) is 4. The molecular formula is C34H42FN3O4S. The van der Waals surface area contributed by atoms with E-state index in [-0.39, 0.29) is 49.5 Å². The normalized spacial score (nSPS) is 14.6. The number of benzene rings is 3. The number of carbonyl (C=O) groups excluding carboxylic acids is 2. The Bertz CT molecular complexity index is 1480. The van der Waals surface area contributed by atoms with Crippen LogP contribution in [0.5, 0.6) is 0 Å². The molecule has 3 aromatic carbocycles. The van der Waals surface area contributed by atoms with Crippen LogP contribution in [0.4, 0.5) is 10.1 Å². The number of rotatable bonds is 13. The molecule has 7 nitrogen and oxygen atoms in total. The van der Waals surface area contributed by atoms with Crippen molar-refractivity contribution in [2.24, 2.45) is 0 Å². The highest BCUT2D eigenvalue weighted by Gasteiger charge is 2.32. The molecule has 1 saturated carbocycles. The van der Waals surface area contributed by atoms with Gasteiger partial charge in [-0.2, -0.15) is 0 Å². The van der Waals surface area contributed by atoms with Gasteiger partial charge in [0.1, 0.15) is 11.9 Å². The Balaban J connectivity index is 1.59. The van der Waals surface area contributed by atoms with E-state index in [9.17, 15) is 22.4 Å². The van der Waals surface area contributed by atoms with Gasteiger partial charge in [-0.15, -0.1) is 0 Å². The van der Waals surface area contributed by atoms with Crippen molar-refractivity contribution in [1.29, 1.82) is 0 Å². The lowest BCUT2D eigenvalue weighted by Gasteiger charge is -2.34. The van der Waals surface area contributed by atoms with E-state index in [1.807, 2.05) is 61.5 Å². The van der Waals surface area contributed by atoms with Crippen LogP contribution >= 0.6 is 0 Å². The number of hydrogen-bond donors (Lipinski definition) is 1. The zero-order valence-electron chi connectivity index (χ0n) is 25.0. The third-order valence-corrected chi connectivity index (χ3v) is 9.11. The molecule has 1 aliphatic carbocycles. The second kappa shape index (κ2) is 15.1. The molecular weight excluding hydrogens is 565 g/mol. The third-order valence-electron chi connectivity index (χ3n) is 7.93. The average Bonchev–Trinajstić information content (AvgIpc) is 2.98. The van der Waals surface area contributed by atoms with E-state index in [1.165, 1.54) is 18.2 Å². The van der Waals surface area contributed by atoms with Crippen molar-refractivity contribution < 1.29 is 22.4 Å². The maximum atomic E-state index is 14.5. The first-order valence-corrected chi connectivity index (χ1v) is 16.9. The van der Waals surface area contributed by atoms with Crippen LogP contribution < -0.4 is 9.62 Å². The SMILES string of the molecule is Cc1cccc(CN(C(=O)CCCN(c2ccccc2F)S(C)(=O)=O)C(Cc2ccccc2)C(=O)NC2CCCCC2)c1. The quantitative estimate of drug-likeness (QED) is 0.267. The van der Waals surface area contributed by atoms with Crippen LogP contribution in [0, 0.1) is 12.7 Å². The molecule has 0 saturated heterocycles. The number of halogens is 1. The van der Waals surface area contributed by atoms with Crippen molar-refractivity contribution >= 4 is 27.5 Å². The van der Waals surface area contributed by atoms with Gasteiger partial charge in [-0.05, 0) is 49.4 Å². The smallest absolute Gasteiger partial charge is 0.243 e. The summed E-state index contributed by atoms with van der Waals surface area (Å²) in [7, 11) is -3.79. The molecule has 0 radical (unpaired) electrons. The highest BCUT2D eigenvalue weighted by atomic mass is 32.2. The van der Waals surface area contributed by atoms with Gasteiger partial charge in [-0.25, -0.2) is 12.8 Å². The van der Waals surface area contributed by atoms with Crippen LogP contribution in [-0.4, -0.2) is 50.0 Å². The summed E-state index contributed by atoms with van der Waals surface area (Å²) >= 11 is 0. The van der Waals surface area contributed by atoms with Crippen LogP contribution in [0.25, 0.3) is 0 Å². The largest absolute Gasteiger partial charge is 0.352 e. The van der Waals surface area contributed by atoms with Crippen molar-refractivity contribution in [3.05, 3.63) is 101 Å². The number of para-hydroxylation sites is 1. The number of aryl methyl sites for hydroxylation is 1. The Kier molecular flexibility index (Phi) is 11.3. The van der Waals surface area contributed by atoms with Gasteiger partial charge in [0.2, 0.25) is 21.8 Å². The molecule has 230 valence electrons. The summed E-state index contributed by atoms with van der Waals surface area (Å²) in [5.74, 6) is -1.09. The molecule has 1 N–H and O–H groups in total. The van der Waals surface area contributed by atoms with E-state index >= 15 is 0 Å². The predicted molar refractivity (Wildman–Crippen MR) is 169 cm³/mol. The van der Waals surface area contributed by atoms with E-state index in [4.69, 9.17) is 0 Å². The van der Waals surface area contributed by atoms with Gasteiger partial charge < -0.3 is 10.2 Å². The zero-order valence-corrected chi connectivity index (χ0v) is 25.9. The van der Waals surface area contributed by atoms with Crippen LogP contribution in [0.15, 0.2) is 78.9 Å². The summed E-state index contributed by atoms with van der Waals surface area (Å²) in [4.78, 5) is 29.6. The van der Waals surface area contributed by atoms with E-state index in [0.717, 1.165) is 59.4 Å². The van der Waals surface area contributed by atoms with Gasteiger partial charge in [0.05, 0.1) is 11.9 Å². The average molecular weight is 608 g/mol. The Hall–Kier alpha value is -3.72. The van der Waals surface area contributed by atoms with Crippen molar-refractivity contribution in [2.75, 3.05) is 17.1 Å². The number of carbonyl (C=O) groups is 2. The lowest BCUT2D eigenvalue weighted by molar-refractivity contribution is -0.141.